The van der Waals surface area contributed by atoms with E-state index in [4.69, 9.17) is 9.15 Å². The van der Waals surface area contributed by atoms with Crippen LogP contribution < -0.4 is 5.32 Å². The van der Waals surface area contributed by atoms with Gasteiger partial charge < -0.3 is 14.5 Å². The Hall–Kier alpha value is -2.11. The summed E-state index contributed by atoms with van der Waals surface area (Å²) in [6.07, 6.45) is 2.30. The molecule has 8 nitrogen and oxygen atoms in total. The summed E-state index contributed by atoms with van der Waals surface area (Å²) in [5, 5.41) is 10.7. The quantitative estimate of drug-likeness (QED) is 0.668. The number of aromatic nitrogens is 2. The van der Waals surface area contributed by atoms with E-state index >= 15 is 8.78 Å². The minimum atomic E-state index is -3.55. The Morgan fingerprint density at radius 1 is 1.20 bits per heavy atom. The zero-order valence-corrected chi connectivity index (χ0v) is 18.1. The lowest BCUT2D eigenvalue weighted by atomic mass is 9.73. The van der Waals surface area contributed by atoms with Gasteiger partial charge in [0, 0.05) is 44.5 Å². The van der Waals surface area contributed by atoms with Gasteiger partial charge in [0.1, 0.15) is 11.6 Å². The van der Waals surface area contributed by atoms with Crippen molar-refractivity contribution in [3.8, 4) is 0 Å². The highest BCUT2D eigenvalue weighted by atomic mass is 32.2. The van der Waals surface area contributed by atoms with Crippen LogP contribution in [0.25, 0.3) is 0 Å². The topological polar surface area (TPSA) is 97.6 Å². The molecule has 30 heavy (non-hydrogen) atoms. The maximum Gasteiger partial charge on any atom is 0.315 e. The van der Waals surface area contributed by atoms with Crippen molar-refractivity contribution in [1.82, 2.24) is 14.5 Å². The van der Waals surface area contributed by atoms with E-state index in [2.05, 4.69) is 15.5 Å². The minimum Gasteiger partial charge on any atom is -0.407 e. The predicted octanol–water partition coefficient (Wildman–Crippen LogP) is 2.66. The van der Waals surface area contributed by atoms with Crippen molar-refractivity contribution in [2.24, 2.45) is 0 Å². The zero-order valence-electron chi connectivity index (χ0n) is 17.2. The van der Waals surface area contributed by atoms with Crippen molar-refractivity contribution in [3.63, 3.8) is 0 Å². The van der Waals surface area contributed by atoms with Gasteiger partial charge in [-0.1, -0.05) is 12.0 Å². The van der Waals surface area contributed by atoms with Gasteiger partial charge in [-0.3, -0.25) is 0 Å². The second-order valence-corrected chi connectivity index (χ2v) is 9.36. The second-order valence-electron chi connectivity index (χ2n) is 7.38. The molecule has 1 fully saturated rings. The van der Waals surface area contributed by atoms with E-state index in [-0.39, 0.29) is 36.1 Å². The number of hydrogen-bond donors (Lipinski definition) is 1. The van der Waals surface area contributed by atoms with Gasteiger partial charge in [0.15, 0.2) is 0 Å². The molecule has 0 spiro atoms. The van der Waals surface area contributed by atoms with Gasteiger partial charge in [-0.2, -0.15) is 4.31 Å². The van der Waals surface area contributed by atoms with Crippen molar-refractivity contribution in [2.75, 3.05) is 38.4 Å². The fourth-order valence-electron chi connectivity index (χ4n) is 3.71. The van der Waals surface area contributed by atoms with E-state index < -0.39 is 27.1 Å². The first-order valence-corrected chi connectivity index (χ1v) is 11.6. The summed E-state index contributed by atoms with van der Waals surface area (Å²) in [6, 6.07) is 2.35. The van der Waals surface area contributed by atoms with Gasteiger partial charge in [-0.25, -0.2) is 17.2 Å². The van der Waals surface area contributed by atoms with E-state index in [1.54, 1.807) is 7.05 Å². The van der Waals surface area contributed by atoms with Crippen LogP contribution in [0.5, 0.6) is 0 Å². The van der Waals surface area contributed by atoms with Gasteiger partial charge in [0.05, 0.1) is 11.7 Å². The summed E-state index contributed by atoms with van der Waals surface area (Å²) in [5.74, 6) is -1.15. The normalized spacial score (nSPS) is 16.7. The summed E-state index contributed by atoms with van der Waals surface area (Å²) < 4.78 is 66.4. The smallest absolute Gasteiger partial charge is 0.315 e. The van der Waals surface area contributed by atoms with Crippen molar-refractivity contribution in [2.45, 2.75) is 38.1 Å². The molecule has 166 valence electrons. The van der Waals surface area contributed by atoms with Gasteiger partial charge in [0.2, 0.25) is 15.9 Å². The molecule has 3 rings (SSSR count). The van der Waals surface area contributed by atoms with Crippen LogP contribution in [0.15, 0.2) is 16.5 Å². The van der Waals surface area contributed by atoms with Crippen molar-refractivity contribution >= 4 is 16.0 Å². The summed E-state index contributed by atoms with van der Waals surface area (Å²) in [6.45, 7) is 2.46. The monoisotopic (exact) mass is 444 g/mol. The fourth-order valence-corrected chi connectivity index (χ4v) is 4.60. The lowest BCUT2D eigenvalue weighted by Crippen LogP contribution is -2.36. The number of nitrogens with zero attached hydrogens (tertiary/aromatic N) is 3. The highest BCUT2D eigenvalue weighted by Crippen LogP contribution is 2.42. The fraction of sp³-hybridized carbons (Fsp3) is 0.579. The number of anilines is 1. The molecule has 1 aliphatic heterocycles. The molecule has 2 aromatic rings. The van der Waals surface area contributed by atoms with Crippen LogP contribution in [0.3, 0.4) is 0 Å². The van der Waals surface area contributed by atoms with E-state index in [0.29, 0.717) is 32.5 Å². The maximum atomic E-state index is 15.3. The Balaban J connectivity index is 2.03. The van der Waals surface area contributed by atoms with Crippen LogP contribution in [0.2, 0.25) is 0 Å². The molecule has 0 bridgehead atoms. The second kappa shape index (κ2) is 8.94. The summed E-state index contributed by atoms with van der Waals surface area (Å²) in [5.41, 5.74) is -0.956. The number of rotatable bonds is 8. The third-order valence-corrected chi connectivity index (χ3v) is 6.58. The highest BCUT2D eigenvalue weighted by molar-refractivity contribution is 7.88. The molecule has 0 saturated carbocycles. The maximum absolute atomic E-state index is 15.3. The average molecular weight is 445 g/mol. The third kappa shape index (κ3) is 4.47. The molecule has 1 aromatic heterocycles. The molecular weight excluding hydrogens is 418 g/mol. The molecule has 1 aliphatic rings. The number of hydrogen-bond acceptors (Lipinski definition) is 7. The van der Waals surface area contributed by atoms with Crippen molar-refractivity contribution < 1.29 is 26.4 Å². The van der Waals surface area contributed by atoms with E-state index in [0.717, 1.165) is 22.7 Å². The molecule has 1 saturated heterocycles. The Labute approximate surface area is 174 Å². The molecule has 2 heterocycles. The molecular formula is C19H26F2N4O4S. The minimum absolute atomic E-state index is 0.0289. The third-order valence-electron chi connectivity index (χ3n) is 5.33. The van der Waals surface area contributed by atoms with Crippen molar-refractivity contribution in [1.29, 1.82) is 0 Å². The van der Waals surface area contributed by atoms with Crippen LogP contribution in [-0.2, 0) is 26.7 Å². The van der Waals surface area contributed by atoms with Gasteiger partial charge >= 0.3 is 6.01 Å². The van der Waals surface area contributed by atoms with Crippen molar-refractivity contribution in [3.05, 3.63) is 40.8 Å². The van der Waals surface area contributed by atoms with Gasteiger partial charge in [-0.05, 0) is 31.4 Å². The highest BCUT2D eigenvalue weighted by Gasteiger charge is 2.44. The number of benzene rings is 1. The Kier molecular flexibility index (Phi) is 6.73. The SMILES string of the molecule is CCCN(Cc1cc(F)c(C2(c3nnc(NC)o3)CCOCC2)cc1F)S(C)(=O)=O. The molecule has 0 unspecified atom stereocenters. The lowest BCUT2D eigenvalue weighted by Gasteiger charge is -2.35. The number of halogens is 2. The molecule has 1 aromatic carbocycles. The van der Waals surface area contributed by atoms with E-state index in [1.807, 2.05) is 6.92 Å². The largest absolute Gasteiger partial charge is 0.407 e. The molecule has 0 amide bonds. The van der Waals surface area contributed by atoms with Gasteiger partial charge in [-0.15, -0.1) is 5.10 Å². The number of sulfonamides is 1. The average Bonchev–Trinajstić information content (AvgIpc) is 3.19. The predicted molar refractivity (Wildman–Crippen MR) is 107 cm³/mol. The molecule has 11 heteroatoms. The molecule has 1 N–H and O–H groups in total. The first kappa shape index (κ1) is 22.6. The van der Waals surface area contributed by atoms with Crippen LogP contribution in [-0.4, -0.2) is 56.0 Å². The summed E-state index contributed by atoms with van der Waals surface area (Å²) in [7, 11) is -1.94. The van der Waals surface area contributed by atoms with E-state index in [9.17, 15) is 8.42 Å². The van der Waals surface area contributed by atoms with E-state index in [1.165, 1.54) is 0 Å². The Morgan fingerprint density at radius 2 is 1.90 bits per heavy atom. The first-order valence-electron chi connectivity index (χ1n) is 9.74. The van der Waals surface area contributed by atoms with Crippen LogP contribution in [0, 0.1) is 11.6 Å². The number of nitrogens with one attached hydrogen (secondary N) is 1. The van der Waals surface area contributed by atoms with Gasteiger partial charge in [0.25, 0.3) is 0 Å². The first-order chi connectivity index (χ1) is 14.2. The Morgan fingerprint density at radius 3 is 2.47 bits per heavy atom. The number of ether oxygens (including phenoxy) is 1. The molecule has 0 atom stereocenters. The molecule has 0 aliphatic carbocycles. The van der Waals surface area contributed by atoms with Crippen LogP contribution in [0.1, 0.15) is 43.2 Å². The summed E-state index contributed by atoms with van der Waals surface area (Å²) in [4.78, 5) is 0. The standard InChI is InChI=1S/C19H26F2N4O4S/c1-4-7-25(30(3,26)27)12-13-10-16(21)14(11-15(13)20)19(5-8-28-9-6-19)17-23-24-18(22-2)29-17/h10-11H,4-9,12H2,1-3H3,(H,22,24). The molecule has 0 radical (unpaired) electrons. The van der Waals surface area contributed by atoms with Crippen LogP contribution in [0.4, 0.5) is 14.8 Å². The van der Waals surface area contributed by atoms with Crippen LogP contribution >= 0.6 is 0 Å². The zero-order chi connectivity index (χ0) is 21.9. The lowest BCUT2D eigenvalue weighted by molar-refractivity contribution is 0.0533. The summed E-state index contributed by atoms with van der Waals surface area (Å²) >= 11 is 0. The Bertz CT molecular complexity index is 990.